The number of amides is 1. The number of hydrogen-bond donors (Lipinski definition) is 1. The van der Waals surface area contributed by atoms with Crippen LogP contribution in [0.3, 0.4) is 0 Å². The molecule has 0 spiro atoms. The zero-order valence-corrected chi connectivity index (χ0v) is 10.7. The Morgan fingerprint density at radius 3 is 2.48 bits per heavy atom. The largest absolute Gasteiger partial charge is 0.323 e. The molecule has 0 saturated heterocycles. The van der Waals surface area contributed by atoms with E-state index in [1.807, 2.05) is 0 Å². The van der Waals surface area contributed by atoms with Gasteiger partial charge in [-0.25, -0.2) is 13.2 Å². The topological polar surface area (TPSA) is 52.9 Å². The Morgan fingerprint density at radius 2 is 1.86 bits per heavy atom. The van der Waals surface area contributed by atoms with Crippen LogP contribution in [0, 0.1) is 28.8 Å². The van der Waals surface area contributed by atoms with Gasteiger partial charge in [-0.2, -0.15) is 5.26 Å². The molecule has 106 valence electrons. The predicted molar refractivity (Wildman–Crippen MR) is 69.8 cm³/mol. The standard InChI is InChI=1S/C15H9F3N2O/c16-11-3-2-10(12(17)7-11)6-15(21)20-14-4-1-9(8-19)5-13(14)18/h1-5,7H,6H2,(H,20,21). The number of carbonyl (C=O) groups excluding carboxylic acids is 1. The molecular formula is C15H9F3N2O. The van der Waals surface area contributed by atoms with Crippen molar-refractivity contribution in [2.24, 2.45) is 0 Å². The molecule has 6 heteroatoms. The quantitative estimate of drug-likeness (QED) is 0.944. The fraction of sp³-hybridized carbons (Fsp3) is 0.0667. The van der Waals surface area contributed by atoms with Crippen LogP contribution in [-0.4, -0.2) is 5.91 Å². The van der Waals surface area contributed by atoms with E-state index in [1.165, 1.54) is 12.1 Å². The van der Waals surface area contributed by atoms with Crippen LogP contribution in [0.1, 0.15) is 11.1 Å². The highest BCUT2D eigenvalue weighted by molar-refractivity contribution is 5.92. The molecule has 0 fully saturated rings. The second-order valence-corrected chi connectivity index (χ2v) is 4.27. The minimum Gasteiger partial charge on any atom is -0.323 e. The summed E-state index contributed by atoms with van der Waals surface area (Å²) in [7, 11) is 0. The maximum Gasteiger partial charge on any atom is 0.228 e. The number of anilines is 1. The second-order valence-electron chi connectivity index (χ2n) is 4.27. The monoisotopic (exact) mass is 290 g/mol. The minimum absolute atomic E-state index is 0.00273. The molecule has 0 aliphatic heterocycles. The molecule has 0 radical (unpaired) electrons. The van der Waals surface area contributed by atoms with Crippen LogP contribution < -0.4 is 5.32 Å². The summed E-state index contributed by atoms with van der Waals surface area (Å²) >= 11 is 0. The predicted octanol–water partition coefficient (Wildman–Crippen LogP) is 3.16. The second kappa shape index (κ2) is 6.09. The van der Waals surface area contributed by atoms with Crippen LogP contribution in [0.4, 0.5) is 18.9 Å². The summed E-state index contributed by atoms with van der Waals surface area (Å²) in [5.41, 5.74) is 0.0135. The highest BCUT2D eigenvalue weighted by Crippen LogP contribution is 2.16. The molecule has 0 aromatic heterocycles. The van der Waals surface area contributed by atoms with E-state index in [9.17, 15) is 18.0 Å². The van der Waals surface area contributed by atoms with E-state index in [-0.39, 0.29) is 23.2 Å². The van der Waals surface area contributed by atoms with Crippen LogP contribution in [0.15, 0.2) is 36.4 Å². The molecule has 2 aromatic rings. The normalized spacial score (nSPS) is 10.0. The average molecular weight is 290 g/mol. The van der Waals surface area contributed by atoms with Crippen molar-refractivity contribution in [2.75, 3.05) is 5.32 Å². The van der Waals surface area contributed by atoms with Gasteiger partial charge in [-0.1, -0.05) is 6.07 Å². The first-order valence-corrected chi connectivity index (χ1v) is 5.93. The van der Waals surface area contributed by atoms with E-state index >= 15 is 0 Å². The summed E-state index contributed by atoms with van der Waals surface area (Å²) in [6, 6.07) is 8.19. The number of nitrogens with one attached hydrogen (secondary N) is 1. The molecule has 0 heterocycles. The molecule has 21 heavy (non-hydrogen) atoms. The Balaban J connectivity index is 2.10. The van der Waals surface area contributed by atoms with Crippen LogP contribution in [0.25, 0.3) is 0 Å². The van der Waals surface area contributed by atoms with Crippen LogP contribution in [-0.2, 0) is 11.2 Å². The Hall–Kier alpha value is -2.81. The van der Waals surface area contributed by atoms with Crippen molar-refractivity contribution in [1.29, 1.82) is 5.26 Å². The van der Waals surface area contributed by atoms with Crippen molar-refractivity contribution in [3.63, 3.8) is 0 Å². The molecule has 0 aliphatic carbocycles. The van der Waals surface area contributed by atoms with Gasteiger partial charge < -0.3 is 5.32 Å². The van der Waals surface area contributed by atoms with Gasteiger partial charge in [0, 0.05) is 6.07 Å². The number of nitrogens with zero attached hydrogens (tertiary/aromatic N) is 1. The molecule has 0 saturated carbocycles. The summed E-state index contributed by atoms with van der Waals surface area (Å²) in [6.45, 7) is 0. The molecule has 3 nitrogen and oxygen atoms in total. The minimum atomic E-state index is -0.842. The Labute approximate surface area is 118 Å². The lowest BCUT2D eigenvalue weighted by atomic mass is 10.1. The lowest BCUT2D eigenvalue weighted by Gasteiger charge is -2.07. The van der Waals surface area contributed by atoms with Gasteiger partial charge in [0.15, 0.2) is 0 Å². The summed E-state index contributed by atoms with van der Waals surface area (Å²) in [5, 5.41) is 10.9. The molecule has 0 aliphatic rings. The van der Waals surface area contributed by atoms with E-state index in [0.717, 1.165) is 18.2 Å². The fourth-order valence-corrected chi connectivity index (χ4v) is 1.72. The summed E-state index contributed by atoms with van der Waals surface area (Å²) in [6.07, 6.45) is -0.356. The first-order valence-electron chi connectivity index (χ1n) is 5.93. The molecular weight excluding hydrogens is 281 g/mol. The van der Waals surface area contributed by atoms with Crippen LogP contribution in [0.5, 0.6) is 0 Å². The van der Waals surface area contributed by atoms with Gasteiger partial charge in [0.25, 0.3) is 0 Å². The molecule has 1 N–H and O–H groups in total. The highest BCUT2D eigenvalue weighted by Gasteiger charge is 2.11. The van der Waals surface area contributed by atoms with Crippen molar-refractivity contribution in [3.8, 4) is 6.07 Å². The van der Waals surface area contributed by atoms with Crippen molar-refractivity contribution < 1.29 is 18.0 Å². The van der Waals surface area contributed by atoms with Crippen molar-refractivity contribution >= 4 is 11.6 Å². The van der Waals surface area contributed by atoms with Crippen LogP contribution >= 0.6 is 0 Å². The number of halogens is 3. The van der Waals surface area contributed by atoms with Gasteiger partial charge in [-0.3, -0.25) is 4.79 Å². The summed E-state index contributed by atoms with van der Waals surface area (Å²) < 4.78 is 39.7. The maximum absolute atomic E-state index is 13.6. The summed E-state index contributed by atoms with van der Waals surface area (Å²) in [4.78, 5) is 11.7. The van der Waals surface area contributed by atoms with Crippen molar-refractivity contribution in [3.05, 3.63) is 65.0 Å². The fourth-order valence-electron chi connectivity index (χ4n) is 1.72. The number of benzene rings is 2. The summed E-state index contributed by atoms with van der Waals surface area (Å²) in [5.74, 6) is -2.99. The van der Waals surface area contributed by atoms with Gasteiger partial charge in [-0.15, -0.1) is 0 Å². The lowest BCUT2D eigenvalue weighted by molar-refractivity contribution is -0.115. The Morgan fingerprint density at radius 1 is 1.10 bits per heavy atom. The highest BCUT2D eigenvalue weighted by atomic mass is 19.1. The Bertz CT molecular complexity index is 738. The van der Waals surface area contributed by atoms with E-state index in [4.69, 9.17) is 5.26 Å². The smallest absolute Gasteiger partial charge is 0.228 e. The van der Waals surface area contributed by atoms with E-state index < -0.39 is 23.4 Å². The van der Waals surface area contributed by atoms with Crippen molar-refractivity contribution in [1.82, 2.24) is 0 Å². The number of carbonyl (C=O) groups is 1. The SMILES string of the molecule is N#Cc1ccc(NC(=O)Cc2ccc(F)cc2F)c(F)c1. The average Bonchev–Trinajstić information content (AvgIpc) is 2.44. The number of rotatable bonds is 3. The third-order valence-electron chi connectivity index (χ3n) is 2.74. The molecule has 1 amide bonds. The van der Waals surface area contributed by atoms with Gasteiger partial charge >= 0.3 is 0 Å². The number of nitriles is 1. The molecule has 0 atom stereocenters. The zero-order valence-electron chi connectivity index (χ0n) is 10.7. The van der Waals surface area contributed by atoms with Gasteiger partial charge in [0.1, 0.15) is 17.5 Å². The van der Waals surface area contributed by atoms with E-state index in [1.54, 1.807) is 6.07 Å². The first kappa shape index (κ1) is 14.6. The van der Waals surface area contributed by atoms with Gasteiger partial charge in [-0.05, 0) is 29.8 Å². The maximum atomic E-state index is 13.6. The molecule has 0 unspecified atom stereocenters. The first-order chi connectivity index (χ1) is 9.99. The van der Waals surface area contributed by atoms with Crippen LogP contribution in [0.2, 0.25) is 0 Å². The van der Waals surface area contributed by atoms with Gasteiger partial charge in [0.05, 0.1) is 23.7 Å². The number of hydrogen-bond acceptors (Lipinski definition) is 2. The third-order valence-corrected chi connectivity index (χ3v) is 2.74. The van der Waals surface area contributed by atoms with E-state index in [2.05, 4.69) is 5.32 Å². The molecule has 2 aromatic carbocycles. The zero-order chi connectivity index (χ0) is 15.4. The Kier molecular flexibility index (Phi) is 4.24. The van der Waals surface area contributed by atoms with E-state index in [0.29, 0.717) is 6.07 Å². The third kappa shape index (κ3) is 3.60. The molecule has 2 rings (SSSR count). The van der Waals surface area contributed by atoms with Crippen molar-refractivity contribution in [2.45, 2.75) is 6.42 Å². The molecule has 0 bridgehead atoms. The lowest BCUT2D eigenvalue weighted by Crippen LogP contribution is -2.16. The van der Waals surface area contributed by atoms with Gasteiger partial charge in [0.2, 0.25) is 5.91 Å².